The Morgan fingerprint density at radius 1 is 1.26 bits per heavy atom. The van der Waals surface area contributed by atoms with Gasteiger partial charge in [-0.3, -0.25) is 4.79 Å². The first-order valence-corrected chi connectivity index (χ1v) is 8.34. The van der Waals surface area contributed by atoms with Crippen molar-refractivity contribution in [3.63, 3.8) is 0 Å². The Labute approximate surface area is 147 Å². The molecular weight excluding hydrogens is 380 g/mol. The summed E-state index contributed by atoms with van der Waals surface area (Å²) < 4.78 is 6.62. The fourth-order valence-electron chi connectivity index (χ4n) is 2.24. The van der Waals surface area contributed by atoms with Gasteiger partial charge in [0.2, 0.25) is 11.8 Å². The maximum atomic E-state index is 11.5. The molecule has 0 spiro atoms. The Hall–Kier alpha value is -1.85. The highest BCUT2D eigenvalue weighted by Crippen LogP contribution is 2.31. The van der Waals surface area contributed by atoms with E-state index in [9.17, 15) is 4.79 Å². The maximum absolute atomic E-state index is 11.5. The van der Waals surface area contributed by atoms with E-state index in [-0.39, 0.29) is 11.8 Å². The molecule has 23 heavy (non-hydrogen) atoms. The summed E-state index contributed by atoms with van der Waals surface area (Å²) in [5.41, 5.74) is 5.30. The number of fused-ring (bicyclic) bond motifs is 1. The molecule has 3 rings (SSSR count). The normalized spacial score (nSPS) is 11.0. The van der Waals surface area contributed by atoms with Crippen molar-refractivity contribution < 1.29 is 9.21 Å². The molecule has 4 nitrogen and oxygen atoms in total. The molecule has 0 radical (unpaired) electrons. The quantitative estimate of drug-likeness (QED) is 0.633. The minimum Gasteiger partial charge on any atom is -0.436 e. The van der Waals surface area contributed by atoms with E-state index in [2.05, 4.69) is 26.2 Å². The van der Waals surface area contributed by atoms with Crippen LogP contribution in [-0.2, 0) is 4.79 Å². The van der Waals surface area contributed by atoms with E-state index < -0.39 is 0 Å². The molecule has 0 aliphatic carbocycles. The minimum atomic E-state index is -0.270. The van der Waals surface area contributed by atoms with Gasteiger partial charge in [-0.25, -0.2) is 4.98 Å². The van der Waals surface area contributed by atoms with Crippen molar-refractivity contribution in [3.8, 4) is 11.5 Å². The highest BCUT2D eigenvalue weighted by Gasteiger charge is 2.12. The molecule has 1 heterocycles. The number of aryl methyl sites for hydroxylation is 2. The number of alkyl halides is 1. The number of oxazole rings is 1. The van der Waals surface area contributed by atoms with Gasteiger partial charge >= 0.3 is 0 Å². The van der Waals surface area contributed by atoms with Crippen molar-refractivity contribution in [3.05, 3.63) is 45.9 Å². The predicted molar refractivity (Wildman–Crippen MR) is 96.0 cm³/mol. The van der Waals surface area contributed by atoms with Crippen LogP contribution in [0.25, 0.3) is 22.6 Å². The van der Waals surface area contributed by atoms with Gasteiger partial charge in [0.1, 0.15) is 11.4 Å². The molecule has 1 N–H and O–H groups in total. The molecule has 0 saturated carbocycles. The number of halogens is 2. The summed E-state index contributed by atoms with van der Waals surface area (Å²) in [7, 11) is 0. The molecule has 3 aromatic rings. The zero-order valence-electron chi connectivity index (χ0n) is 12.6. The molecule has 0 aliphatic heterocycles. The van der Waals surface area contributed by atoms with E-state index in [1.165, 1.54) is 5.56 Å². The van der Waals surface area contributed by atoms with Gasteiger partial charge in [-0.05, 0) is 71.2 Å². The number of hydrogen-bond donors (Lipinski definition) is 1. The third-order valence-electron chi connectivity index (χ3n) is 3.61. The van der Waals surface area contributed by atoms with Gasteiger partial charge in [0.15, 0.2) is 5.58 Å². The number of benzene rings is 2. The van der Waals surface area contributed by atoms with Gasteiger partial charge < -0.3 is 9.73 Å². The number of aromatic nitrogens is 1. The predicted octanol–water partition coefficient (Wildman–Crippen LogP) is 5.05. The van der Waals surface area contributed by atoms with Gasteiger partial charge in [0.25, 0.3) is 0 Å². The highest BCUT2D eigenvalue weighted by molar-refractivity contribution is 9.10. The van der Waals surface area contributed by atoms with Crippen LogP contribution >= 0.6 is 27.5 Å². The summed E-state index contributed by atoms with van der Waals surface area (Å²) in [5.74, 6) is 0.144. The van der Waals surface area contributed by atoms with E-state index in [0.717, 1.165) is 26.7 Å². The first-order valence-electron chi connectivity index (χ1n) is 7.01. The third kappa shape index (κ3) is 3.26. The van der Waals surface area contributed by atoms with Crippen molar-refractivity contribution in [2.24, 2.45) is 0 Å². The lowest BCUT2D eigenvalue weighted by atomic mass is 10.1. The lowest BCUT2D eigenvalue weighted by Crippen LogP contribution is -2.12. The van der Waals surface area contributed by atoms with Crippen LogP contribution in [0.1, 0.15) is 11.1 Å². The second-order valence-electron chi connectivity index (χ2n) is 5.30. The number of carbonyl (C=O) groups is 1. The molecule has 0 aliphatic rings. The molecule has 118 valence electrons. The van der Waals surface area contributed by atoms with Crippen molar-refractivity contribution in [2.75, 3.05) is 11.2 Å². The van der Waals surface area contributed by atoms with Crippen LogP contribution in [0.4, 0.5) is 5.69 Å². The number of nitrogens with zero attached hydrogens (tertiary/aromatic N) is 1. The van der Waals surface area contributed by atoms with E-state index in [1.807, 2.05) is 38.1 Å². The average molecular weight is 394 g/mol. The first-order chi connectivity index (χ1) is 11.0. The molecular formula is C17H14BrClN2O2. The van der Waals surface area contributed by atoms with E-state index in [0.29, 0.717) is 11.6 Å². The SMILES string of the molecule is Cc1cc2nc(-c3ccc(Br)c(NC(=O)CCl)c3)oc2cc1C. The molecule has 0 fully saturated rings. The summed E-state index contributed by atoms with van der Waals surface area (Å²) in [4.78, 5) is 16.0. The molecule has 0 saturated heterocycles. The van der Waals surface area contributed by atoms with Crippen LogP contribution in [0.15, 0.2) is 39.2 Å². The fourth-order valence-corrected chi connectivity index (χ4v) is 2.65. The Balaban J connectivity index is 2.04. The highest BCUT2D eigenvalue weighted by atomic mass is 79.9. The summed E-state index contributed by atoms with van der Waals surface area (Å²) in [6.45, 7) is 4.08. The zero-order chi connectivity index (χ0) is 16.6. The van der Waals surface area contributed by atoms with Crippen LogP contribution < -0.4 is 5.32 Å². The van der Waals surface area contributed by atoms with Crippen molar-refractivity contribution >= 4 is 50.2 Å². The van der Waals surface area contributed by atoms with Crippen LogP contribution in [0.3, 0.4) is 0 Å². The van der Waals surface area contributed by atoms with Gasteiger partial charge in [0, 0.05) is 10.0 Å². The smallest absolute Gasteiger partial charge is 0.239 e. The first kappa shape index (κ1) is 16.0. The Bertz CT molecular complexity index is 866. The topological polar surface area (TPSA) is 55.1 Å². The van der Waals surface area contributed by atoms with Gasteiger partial charge in [-0.1, -0.05) is 0 Å². The van der Waals surface area contributed by atoms with Gasteiger partial charge in [0.05, 0.1) is 5.69 Å². The van der Waals surface area contributed by atoms with Gasteiger partial charge in [-0.2, -0.15) is 0 Å². The Morgan fingerprint density at radius 3 is 2.74 bits per heavy atom. The summed E-state index contributed by atoms with van der Waals surface area (Å²) in [6.07, 6.45) is 0. The molecule has 1 aromatic heterocycles. The van der Waals surface area contributed by atoms with Crippen LogP contribution in [-0.4, -0.2) is 16.8 Å². The van der Waals surface area contributed by atoms with Gasteiger partial charge in [-0.15, -0.1) is 11.6 Å². The summed E-state index contributed by atoms with van der Waals surface area (Å²) in [6, 6.07) is 9.51. The standard InChI is InChI=1S/C17H14BrClN2O2/c1-9-5-14-15(6-10(9)2)23-17(21-14)11-3-4-12(18)13(7-11)20-16(22)8-19/h3-7H,8H2,1-2H3,(H,20,22). The van der Waals surface area contributed by atoms with E-state index in [4.69, 9.17) is 16.0 Å². The molecule has 6 heteroatoms. The molecule has 0 unspecified atom stereocenters. The number of anilines is 1. The number of hydrogen-bond acceptors (Lipinski definition) is 3. The van der Waals surface area contributed by atoms with Crippen molar-refractivity contribution in [1.29, 1.82) is 0 Å². The fraction of sp³-hybridized carbons (Fsp3) is 0.176. The molecule has 0 bridgehead atoms. The summed E-state index contributed by atoms with van der Waals surface area (Å²) >= 11 is 8.94. The monoisotopic (exact) mass is 392 g/mol. The van der Waals surface area contributed by atoms with Crippen molar-refractivity contribution in [1.82, 2.24) is 4.98 Å². The maximum Gasteiger partial charge on any atom is 0.239 e. The van der Waals surface area contributed by atoms with E-state index in [1.54, 1.807) is 6.07 Å². The molecule has 0 atom stereocenters. The molecule has 2 aromatic carbocycles. The largest absolute Gasteiger partial charge is 0.436 e. The number of nitrogens with one attached hydrogen (secondary N) is 1. The second-order valence-corrected chi connectivity index (χ2v) is 6.42. The lowest BCUT2D eigenvalue weighted by molar-refractivity contribution is -0.113. The third-order valence-corrected chi connectivity index (χ3v) is 4.55. The average Bonchev–Trinajstić information content (AvgIpc) is 2.92. The minimum absolute atomic E-state index is 0.0991. The van der Waals surface area contributed by atoms with Crippen LogP contribution in [0, 0.1) is 13.8 Å². The number of rotatable bonds is 3. The van der Waals surface area contributed by atoms with E-state index >= 15 is 0 Å². The second kappa shape index (κ2) is 6.34. The van der Waals surface area contributed by atoms with Crippen LogP contribution in [0.2, 0.25) is 0 Å². The Kier molecular flexibility index (Phi) is 4.41. The van der Waals surface area contributed by atoms with Crippen molar-refractivity contribution in [2.45, 2.75) is 13.8 Å². The summed E-state index contributed by atoms with van der Waals surface area (Å²) in [5, 5.41) is 2.73. The zero-order valence-corrected chi connectivity index (χ0v) is 15.0. The number of amides is 1. The molecule has 1 amide bonds. The lowest BCUT2D eigenvalue weighted by Gasteiger charge is -2.07. The van der Waals surface area contributed by atoms with Crippen LogP contribution in [0.5, 0.6) is 0 Å². The number of carbonyl (C=O) groups excluding carboxylic acids is 1. The Morgan fingerprint density at radius 2 is 2.00 bits per heavy atom.